The maximum Gasteiger partial charge on any atom is 0.261 e. The molecule has 0 fully saturated rings. The summed E-state index contributed by atoms with van der Waals surface area (Å²) in [4.78, 5) is 0.159. The van der Waals surface area contributed by atoms with Gasteiger partial charge in [-0.25, -0.2) is 8.42 Å². The lowest BCUT2D eigenvalue weighted by Crippen LogP contribution is -2.12. The third-order valence-corrected chi connectivity index (χ3v) is 3.65. The van der Waals surface area contributed by atoms with Crippen molar-refractivity contribution in [1.29, 1.82) is 0 Å². The molecule has 0 aliphatic heterocycles. The molecule has 1 heterocycles. The van der Waals surface area contributed by atoms with Crippen molar-refractivity contribution in [3.05, 3.63) is 42.2 Å². The van der Waals surface area contributed by atoms with E-state index in [2.05, 4.69) is 26.8 Å². The van der Waals surface area contributed by atoms with Gasteiger partial charge in [-0.15, -0.1) is 0 Å². The highest BCUT2D eigenvalue weighted by Crippen LogP contribution is 2.15. The number of nitrogens with one attached hydrogen (secondary N) is 2. The van der Waals surface area contributed by atoms with Gasteiger partial charge in [0.1, 0.15) is 0 Å². The van der Waals surface area contributed by atoms with Crippen LogP contribution in [0.25, 0.3) is 0 Å². The second-order valence-corrected chi connectivity index (χ2v) is 5.31. The molecule has 19 heavy (non-hydrogen) atoms. The predicted octanol–water partition coefficient (Wildman–Crippen LogP) is 0.521. The predicted molar refractivity (Wildman–Crippen MR) is 71.8 cm³/mol. The van der Waals surface area contributed by atoms with Crippen LogP contribution in [0.1, 0.15) is 5.56 Å². The minimum Gasteiger partial charge on any atom is -0.320 e. The normalized spacial score (nSPS) is 10.6. The van der Waals surface area contributed by atoms with Crippen molar-refractivity contribution in [3.8, 4) is 11.8 Å². The Morgan fingerprint density at radius 3 is 2.63 bits per heavy atom. The van der Waals surface area contributed by atoms with Gasteiger partial charge in [0, 0.05) is 11.8 Å². The minimum absolute atomic E-state index is 0.159. The Kier molecular flexibility index (Phi) is 3.85. The van der Waals surface area contributed by atoms with Crippen molar-refractivity contribution < 1.29 is 8.42 Å². The molecular weight excluding hydrogens is 264 g/mol. The average molecular weight is 276 g/mol. The Bertz CT molecular complexity index is 694. The first-order chi connectivity index (χ1) is 9.12. The summed E-state index contributed by atoms with van der Waals surface area (Å²) < 4.78 is 26.4. The molecule has 0 saturated carbocycles. The maximum absolute atomic E-state index is 12.0. The smallest absolute Gasteiger partial charge is 0.261 e. The molecule has 2 rings (SSSR count). The summed E-state index contributed by atoms with van der Waals surface area (Å²) in [5, 5.41) is 6.19. The molecule has 0 unspecified atom stereocenters. The second kappa shape index (κ2) is 5.56. The van der Waals surface area contributed by atoms with Gasteiger partial charge in [-0.1, -0.05) is 11.8 Å². The number of rotatable bonds is 3. The molecule has 0 aliphatic rings. The van der Waals surface area contributed by atoms with Crippen LogP contribution in [0, 0.1) is 11.8 Å². The summed E-state index contributed by atoms with van der Waals surface area (Å²) in [6.45, 7) is 0.266. The summed E-state index contributed by atoms with van der Waals surface area (Å²) in [6, 6.07) is 6.24. The van der Waals surface area contributed by atoms with Gasteiger partial charge in [-0.2, -0.15) is 5.10 Å². The zero-order chi connectivity index (χ0) is 13.7. The number of H-pyrrole nitrogens is 1. The highest BCUT2D eigenvalue weighted by atomic mass is 32.2. The number of benzene rings is 1. The van der Waals surface area contributed by atoms with E-state index in [4.69, 9.17) is 5.73 Å². The van der Waals surface area contributed by atoms with Crippen LogP contribution in [0.4, 0.5) is 5.69 Å². The molecule has 0 bridgehead atoms. The highest BCUT2D eigenvalue weighted by Gasteiger charge is 2.14. The Morgan fingerprint density at radius 1 is 1.32 bits per heavy atom. The second-order valence-electron chi connectivity index (χ2n) is 3.62. The first kappa shape index (κ1) is 13.1. The van der Waals surface area contributed by atoms with Gasteiger partial charge in [-0.05, 0) is 24.3 Å². The maximum atomic E-state index is 12.0. The molecule has 0 amide bonds. The number of hydrogen-bond acceptors (Lipinski definition) is 4. The first-order valence-electron chi connectivity index (χ1n) is 5.42. The molecule has 0 spiro atoms. The van der Waals surface area contributed by atoms with E-state index < -0.39 is 10.0 Å². The number of nitrogens with two attached hydrogens (primary N) is 1. The molecule has 7 heteroatoms. The van der Waals surface area contributed by atoms with E-state index in [1.165, 1.54) is 24.5 Å². The van der Waals surface area contributed by atoms with Crippen molar-refractivity contribution >= 4 is 15.7 Å². The van der Waals surface area contributed by atoms with Crippen molar-refractivity contribution in [2.75, 3.05) is 11.3 Å². The van der Waals surface area contributed by atoms with E-state index >= 15 is 0 Å². The molecule has 1 aromatic carbocycles. The van der Waals surface area contributed by atoms with Crippen LogP contribution < -0.4 is 10.5 Å². The Morgan fingerprint density at radius 2 is 2.05 bits per heavy atom. The molecule has 0 atom stereocenters. The first-order valence-corrected chi connectivity index (χ1v) is 6.91. The summed E-state index contributed by atoms with van der Waals surface area (Å²) >= 11 is 0. The van der Waals surface area contributed by atoms with Crippen molar-refractivity contribution in [1.82, 2.24) is 10.2 Å². The molecule has 1 aromatic heterocycles. The molecule has 0 aliphatic carbocycles. The minimum atomic E-state index is -3.60. The lowest BCUT2D eigenvalue weighted by molar-refractivity contribution is 0.601. The van der Waals surface area contributed by atoms with E-state index in [1.54, 1.807) is 12.1 Å². The van der Waals surface area contributed by atoms with Gasteiger partial charge in [0.25, 0.3) is 10.0 Å². The number of hydrogen-bond donors (Lipinski definition) is 3. The Balaban J connectivity index is 2.21. The summed E-state index contributed by atoms with van der Waals surface area (Å²) in [7, 11) is -3.60. The lowest BCUT2D eigenvalue weighted by atomic mass is 10.2. The molecule has 2 aromatic rings. The topological polar surface area (TPSA) is 101 Å². The molecule has 4 N–H and O–H groups in total. The van der Waals surface area contributed by atoms with Crippen molar-refractivity contribution in [2.24, 2.45) is 5.73 Å². The zero-order valence-corrected chi connectivity index (χ0v) is 10.7. The fourth-order valence-corrected chi connectivity index (χ4v) is 2.43. The fraction of sp³-hybridized carbons (Fsp3) is 0.0833. The van der Waals surface area contributed by atoms with Crippen LogP contribution >= 0.6 is 0 Å². The summed E-state index contributed by atoms with van der Waals surface area (Å²) in [6.07, 6.45) is 2.84. The van der Waals surface area contributed by atoms with E-state index in [1.807, 2.05) is 0 Å². The summed E-state index contributed by atoms with van der Waals surface area (Å²) in [5.74, 6) is 5.52. The monoisotopic (exact) mass is 276 g/mol. The quantitative estimate of drug-likeness (QED) is 0.711. The fourth-order valence-electron chi connectivity index (χ4n) is 1.39. The van der Waals surface area contributed by atoms with Gasteiger partial charge in [0.05, 0.1) is 23.3 Å². The van der Waals surface area contributed by atoms with Gasteiger partial charge in [0.15, 0.2) is 0 Å². The SMILES string of the molecule is NCC#Cc1ccc(S(=O)(=O)Nc2cn[nH]c2)cc1. The highest BCUT2D eigenvalue weighted by molar-refractivity contribution is 7.92. The largest absolute Gasteiger partial charge is 0.320 e. The third-order valence-electron chi connectivity index (χ3n) is 2.25. The van der Waals surface area contributed by atoms with Crippen LogP contribution in [0.15, 0.2) is 41.6 Å². The summed E-state index contributed by atoms with van der Waals surface area (Å²) in [5.41, 5.74) is 6.36. The number of sulfonamides is 1. The molecule has 0 radical (unpaired) electrons. The van der Waals surface area contributed by atoms with Crippen molar-refractivity contribution in [2.45, 2.75) is 4.90 Å². The standard InChI is InChI=1S/C12H12N4O2S/c13-7-1-2-10-3-5-12(6-4-10)19(17,18)16-11-8-14-15-9-11/h3-6,8-9,16H,7,13H2,(H,14,15). The molecule has 0 saturated heterocycles. The van der Waals surface area contributed by atoms with E-state index in [0.29, 0.717) is 11.3 Å². The van der Waals surface area contributed by atoms with Gasteiger partial charge < -0.3 is 5.73 Å². The van der Waals surface area contributed by atoms with Crippen LogP contribution in [-0.4, -0.2) is 25.2 Å². The number of anilines is 1. The van der Waals surface area contributed by atoms with Gasteiger partial charge in [0.2, 0.25) is 0 Å². The van der Waals surface area contributed by atoms with Crippen LogP contribution in [0.5, 0.6) is 0 Å². The zero-order valence-electron chi connectivity index (χ0n) is 9.92. The third kappa shape index (κ3) is 3.34. The van der Waals surface area contributed by atoms with E-state index in [-0.39, 0.29) is 11.4 Å². The van der Waals surface area contributed by atoms with Crippen LogP contribution in [0.2, 0.25) is 0 Å². The van der Waals surface area contributed by atoms with Crippen LogP contribution in [0.3, 0.4) is 0 Å². The number of aromatic nitrogens is 2. The number of aromatic amines is 1. The molecular formula is C12H12N4O2S. The lowest BCUT2D eigenvalue weighted by Gasteiger charge is -2.05. The number of nitrogens with zero attached hydrogens (tertiary/aromatic N) is 1. The van der Waals surface area contributed by atoms with Gasteiger partial charge >= 0.3 is 0 Å². The van der Waals surface area contributed by atoms with Gasteiger partial charge in [-0.3, -0.25) is 9.82 Å². The molecule has 6 nitrogen and oxygen atoms in total. The average Bonchev–Trinajstić information content (AvgIpc) is 2.89. The Hall–Kier alpha value is -2.30. The Labute approximate surface area is 111 Å². The van der Waals surface area contributed by atoms with E-state index in [9.17, 15) is 8.42 Å². The van der Waals surface area contributed by atoms with E-state index in [0.717, 1.165) is 0 Å². The van der Waals surface area contributed by atoms with Crippen LogP contribution in [-0.2, 0) is 10.0 Å². The molecule has 98 valence electrons. The van der Waals surface area contributed by atoms with Crippen molar-refractivity contribution in [3.63, 3.8) is 0 Å².